The van der Waals surface area contributed by atoms with Crippen LogP contribution < -0.4 is 5.32 Å². The molecule has 1 aromatic carbocycles. The van der Waals surface area contributed by atoms with Crippen molar-refractivity contribution in [1.82, 2.24) is 9.36 Å². The number of esters is 1. The van der Waals surface area contributed by atoms with E-state index in [0.717, 1.165) is 28.4 Å². The fourth-order valence-corrected chi connectivity index (χ4v) is 3.21. The number of nitrogens with zero attached hydrogens (tertiary/aromatic N) is 2. The van der Waals surface area contributed by atoms with Crippen molar-refractivity contribution in [3.63, 3.8) is 0 Å². The van der Waals surface area contributed by atoms with E-state index in [4.69, 9.17) is 0 Å². The van der Waals surface area contributed by atoms with E-state index in [1.165, 1.54) is 7.11 Å². The first-order valence-electron chi connectivity index (χ1n) is 6.56. The molecule has 1 amide bonds. The number of methoxy groups -OCH3 is 1. The van der Waals surface area contributed by atoms with Crippen LogP contribution in [0.1, 0.15) is 19.3 Å². The fourth-order valence-electron chi connectivity index (χ4n) is 1.81. The maximum absolute atomic E-state index is 12.2. The van der Waals surface area contributed by atoms with Gasteiger partial charge in [-0.1, -0.05) is 30.3 Å². The van der Waals surface area contributed by atoms with Crippen LogP contribution in [0.5, 0.6) is 0 Å². The zero-order valence-corrected chi connectivity index (χ0v) is 13.6. The van der Waals surface area contributed by atoms with Crippen molar-refractivity contribution < 1.29 is 14.3 Å². The molecule has 0 aliphatic carbocycles. The van der Waals surface area contributed by atoms with Crippen LogP contribution in [-0.2, 0) is 4.74 Å². The molecule has 23 heavy (non-hydrogen) atoms. The number of amides is 1. The maximum atomic E-state index is 12.2. The van der Waals surface area contributed by atoms with Crippen molar-refractivity contribution in [3.05, 3.63) is 52.2 Å². The van der Waals surface area contributed by atoms with Crippen LogP contribution in [0.4, 0.5) is 5.13 Å². The maximum Gasteiger partial charge on any atom is 0.348 e. The summed E-state index contributed by atoms with van der Waals surface area (Å²) in [5.41, 5.74) is 0.883. The molecule has 116 valence electrons. The van der Waals surface area contributed by atoms with Crippen molar-refractivity contribution in [1.29, 1.82) is 0 Å². The highest BCUT2D eigenvalue weighted by atomic mass is 32.1. The third-order valence-electron chi connectivity index (χ3n) is 2.89. The van der Waals surface area contributed by atoms with Crippen LogP contribution in [0.15, 0.2) is 42.5 Å². The minimum Gasteiger partial charge on any atom is -0.465 e. The molecule has 8 heteroatoms. The zero-order valence-electron chi connectivity index (χ0n) is 12.0. The Morgan fingerprint density at radius 2 is 1.83 bits per heavy atom. The number of carbonyl (C=O) groups excluding carboxylic acids is 2. The largest absolute Gasteiger partial charge is 0.465 e. The number of anilines is 1. The average molecular weight is 345 g/mol. The van der Waals surface area contributed by atoms with Gasteiger partial charge in [0.05, 0.1) is 12.0 Å². The predicted molar refractivity (Wildman–Crippen MR) is 89.0 cm³/mol. The van der Waals surface area contributed by atoms with Crippen LogP contribution in [0.2, 0.25) is 0 Å². The van der Waals surface area contributed by atoms with Crippen LogP contribution >= 0.6 is 22.9 Å². The molecule has 3 aromatic rings. The van der Waals surface area contributed by atoms with E-state index >= 15 is 0 Å². The van der Waals surface area contributed by atoms with Gasteiger partial charge in [0.2, 0.25) is 5.13 Å². The molecule has 0 aliphatic heterocycles. The standard InChI is InChI=1S/C15H11N3O3S2/c1-21-14(20)11-8-7-10(22-11)13(19)17-15-16-12(18-23-15)9-5-3-2-4-6-9/h2-8H,1H3,(H,16,17,18,19). The number of hydrogen-bond acceptors (Lipinski definition) is 7. The van der Waals surface area contributed by atoms with Crippen LogP contribution in [0.25, 0.3) is 11.4 Å². The van der Waals surface area contributed by atoms with E-state index in [1.54, 1.807) is 12.1 Å². The van der Waals surface area contributed by atoms with Gasteiger partial charge in [0.1, 0.15) is 4.88 Å². The van der Waals surface area contributed by atoms with Crippen molar-refractivity contribution in [2.45, 2.75) is 0 Å². The van der Waals surface area contributed by atoms with Gasteiger partial charge in [-0.05, 0) is 12.1 Å². The first-order valence-corrected chi connectivity index (χ1v) is 8.15. The fraction of sp³-hybridized carbons (Fsp3) is 0.0667. The Labute approximate surface area is 139 Å². The normalized spacial score (nSPS) is 10.3. The van der Waals surface area contributed by atoms with Crippen LogP contribution in [-0.4, -0.2) is 28.3 Å². The van der Waals surface area contributed by atoms with E-state index < -0.39 is 5.97 Å². The topological polar surface area (TPSA) is 81.2 Å². The minimum atomic E-state index is -0.462. The van der Waals surface area contributed by atoms with Crippen LogP contribution in [0, 0.1) is 0 Å². The number of ether oxygens (including phenoxy) is 1. The molecule has 0 aliphatic rings. The lowest BCUT2D eigenvalue weighted by Crippen LogP contribution is -2.09. The summed E-state index contributed by atoms with van der Waals surface area (Å²) in [4.78, 5) is 28.6. The van der Waals surface area contributed by atoms with Crippen molar-refractivity contribution in [2.24, 2.45) is 0 Å². The lowest BCUT2D eigenvalue weighted by molar-refractivity contribution is 0.0606. The lowest BCUT2D eigenvalue weighted by atomic mass is 10.2. The highest BCUT2D eigenvalue weighted by Gasteiger charge is 2.16. The third-order valence-corrected chi connectivity index (χ3v) is 4.59. The molecule has 1 N–H and O–H groups in total. The summed E-state index contributed by atoms with van der Waals surface area (Å²) >= 11 is 2.17. The second-order valence-corrected chi connectivity index (χ2v) is 6.23. The molecule has 0 spiro atoms. The molecule has 0 saturated carbocycles. The molecule has 2 aromatic heterocycles. The summed E-state index contributed by atoms with van der Waals surface area (Å²) in [5.74, 6) is -0.232. The Morgan fingerprint density at radius 3 is 2.57 bits per heavy atom. The summed E-state index contributed by atoms with van der Waals surface area (Å²) in [7, 11) is 1.30. The van der Waals surface area contributed by atoms with Gasteiger partial charge in [0.25, 0.3) is 5.91 Å². The first kappa shape index (κ1) is 15.3. The Balaban J connectivity index is 1.72. The highest BCUT2D eigenvalue weighted by molar-refractivity contribution is 7.16. The molecule has 0 radical (unpaired) electrons. The van der Waals surface area contributed by atoms with Gasteiger partial charge in [-0.25, -0.2) is 4.79 Å². The van der Waals surface area contributed by atoms with Gasteiger partial charge >= 0.3 is 5.97 Å². The summed E-state index contributed by atoms with van der Waals surface area (Å²) in [6.07, 6.45) is 0. The number of aromatic nitrogens is 2. The molecule has 0 atom stereocenters. The summed E-state index contributed by atoms with van der Waals surface area (Å²) < 4.78 is 8.84. The molecule has 0 unspecified atom stereocenters. The monoisotopic (exact) mass is 345 g/mol. The van der Waals surface area contributed by atoms with Gasteiger partial charge in [-0.3, -0.25) is 10.1 Å². The molecular formula is C15H11N3O3S2. The Morgan fingerprint density at radius 1 is 1.09 bits per heavy atom. The highest BCUT2D eigenvalue weighted by Crippen LogP contribution is 2.23. The third kappa shape index (κ3) is 3.43. The smallest absolute Gasteiger partial charge is 0.348 e. The molecular weight excluding hydrogens is 334 g/mol. The van der Waals surface area contributed by atoms with Gasteiger partial charge in [0, 0.05) is 17.1 Å². The minimum absolute atomic E-state index is 0.332. The van der Waals surface area contributed by atoms with Gasteiger partial charge in [-0.15, -0.1) is 11.3 Å². The summed E-state index contributed by atoms with van der Waals surface area (Å²) in [6.45, 7) is 0. The van der Waals surface area contributed by atoms with E-state index in [9.17, 15) is 9.59 Å². The SMILES string of the molecule is COC(=O)c1ccc(C(=O)Nc2nc(-c3ccccc3)ns2)s1. The number of nitrogens with one attached hydrogen (secondary N) is 1. The molecule has 6 nitrogen and oxygen atoms in total. The van der Waals surface area contributed by atoms with Crippen molar-refractivity contribution in [2.75, 3.05) is 12.4 Å². The molecule has 0 saturated heterocycles. The number of benzene rings is 1. The summed E-state index contributed by atoms with van der Waals surface area (Å²) in [5, 5.41) is 3.09. The lowest BCUT2D eigenvalue weighted by Gasteiger charge is -1.97. The average Bonchev–Trinajstić information content (AvgIpc) is 3.24. The Kier molecular flexibility index (Phi) is 4.45. The number of carbonyl (C=O) groups is 2. The molecule has 0 fully saturated rings. The van der Waals surface area contributed by atoms with E-state index in [-0.39, 0.29) is 5.91 Å². The Hall–Kier alpha value is -2.58. The van der Waals surface area contributed by atoms with E-state index in [1.807, 2.05) is 30.3 Å². The second kappa shape index (κ2) is 6.67. The van der Waals surface area contributed by atoms with E-state index in [2.05, 4.69) is 19.4 Å². The van der Waals surface area contributed by atoms with Crippen molar-refractivity contribution in [3.8, 4) is 11.4 Å². The van der Waals surface area contributed by atoms with Gasteiger partial charge in [-0.2, -0.15) is 9.36 Å². The first-order chi connectivity index (χ1) is 11.2. The van der Waals surface area contributed by atoms with E-state index in [0.29, 0.717) is 20.7 Å². The van der Waals surface area contributed by atoms with Crippen molar-refractivity contribution >= 4 is 39.9 Å². The number of thiophene rings is 1. The zero-order chi connectivity index (χ0) is 16.2. The Bertz CT molecular complexity index is 843. The number of hydrogen-bond donors (Lipinski definition) is 1. The number of rotatable bonds is 4. The van der Waals surface area contributed by atoms with Gasteiger partial charge < -0.3 is 4.74 Å². The van der Waals surface area contributed by atoms with Crippen LogP contribution in [0.3, 0.4) is 0 Å². The van der Waals surface area contributed by atoms with Gasteiger partial charge in [0.15, 0.2) is 5.82 Å². The molecule has 2 heterocycles. The second-order valence-electron chi connectivity index (χ2n) is 4.40. The summed E-state index contributed by atoms with van der Waals surface area (Å²) in [6, 6.07) is 12.6. The molecule has 3 rings (SSSR count). The quantitative estimate of drug-likeness (QED) is 0.734. The molecule has 0 bridgehead atoms. The predicted octanol–water partition coefficient (Wildman–Crippen LogP) is 3.31.